The summed E-state index contributed by atoms with van der Waals surface area (Å²) in [7, 11) is 0. The summed E-state index contributed by atoms with van der Waals surface area (Å²) in [6.07, 6.45) is 0. The highest BCUT2D eigenvalue weighted by molar-refractivity contribution is 6.12. The van der Waals surface area contributed by atoms with Crippen LogP contribution in [0.25, 0.3) is 100 Å². The van der Waals surface area contributed by atoms with Gasteiger partial charge in [-0.2, -0.15) is 21.0 Å². The van der Waals surface area contributed by atoms with Crippen LogP contribution in [0.2, 0.25) is 0 Å². The zero-order chi connectivity index (χ0) is 43.3. The molecular formula is C56H30N8. The largest absolute Gasteiger partial charge is 0.309 e. The molecule has 8 nitrogen and oxygen atoms in total. The van der Waals surface area contributed by atoms with Gasteiger partial charge in [0.2, 0.25) is 0 Å². The normalized spacial score (nSPS) is 11.1. The highest BCUT2D eigenvalue weighted by atomic mass is 15.0. The number of aromatic nitrogens is 4. The third-order valence-electron chi connectivity index (χ3n) is 11.9. The SMILES string of the molecule is N#Cc1ccc(-c2cc(-c3ccc(-c4cc(C#N)c(-n5c6ccccc6c6cc(-n7c8ccccc8c8ccccc87)ccc65)c(C#N)c4)cc3)nc(-c3ccc(C#N)cc3)n2)cc1. The fourth-order valence-corrected chi connectivity index (χ4v) is 8.87. The first-order valence-corrected chi connectivity index (χ1v) is 20.5. The average Bonchev–Trinajstić information content (AvgIpc) is 3.88. The minimum Gasteiger partial charge on any atom is -0.309 e. The van der Waals surface area contributed by atoms with Gasteiger partial charge in [0, 0.05) is 43.9 Å². The van der Waals surface area contributed by atoms with Gasteiger partial charge in [0.25, 0.3) is 0 Å². The Morgan fingerprint density at radius 3 is 1.30 bits per heavy atom. The molecule has 0 fully saturated rings. The van der Waals surface area contributed by atoms with E-state index in [1.807, 2.05) is 84.9 Å². The van der Waals surface area contributed by atoms with Gasteiger partial charge in [-0.1, -0.05) is 91.0 Å². The Hall–Kier alpha value is -9.60. The second-order valence-electron chi connectivity index (χ2n) is 15.5. The van der Waals surface area contributed by atoms with Crippen LogP contribution >= 0.6 is 0 Å². The molecule has 0 aliphatic rings. The predicted octanol–water partition coefficient (Wildman–Crippen LogP) is 12.8. The van der Waals surface area contributed by atoms with E-state index < -0.39 is 0 Å². The van der Waals surface area contributed by atoms with Crippen molar-refractivity contribution in [2.24, 2.45) is 0 Å². The topological polar surface area (TPSA) is 131 Å². The van der Waals surface area contributed by atoms with Crippen LogP contribution in [-0.2, 0) is 0 Å². The van der Waals surface area contributed by atoms with Gasteiger partial charge in [-0.05, 0) is 102 Å². The maximum Gasteiger partial charge on any atom is 0.160 e. The minimum atomic E-state index is 0.377. The monoisotopic (exact) mass is 814 g/mol. The lowest BCUT2D eigenvalue weighted by atomic mass is 9.96. The van der Waals surface area contributed by atoms with Gasteiger partial charge in [-0.3, -0.25) is 0 Å². The van der Waals surface area contributed by atoms with E-state index in [-0.39, 0.29) is 0 Å². The summed E-state index contributed by atoms with van der Waals surface area (Å²) in [6.45, 7) is 0. The Morgan fingerprint density at radius 1 is 0.344 bits per heavy atom. The molecule has 0 saturated heterocycles. The van der Waals surface area contributed by atoms with Crippen molar-refractivity contribution in [3.05, 3.63) is 204 Å². The van der Waals surface area contributed by atoms with Crippen molar-refractivity contribution in [1.82, 2.24) is 19.1 Å². The Balaban J connectivity index is 1.01. The molecule has 0 radical (unpaired) electrons. The summed E-state index contributed by atoms with van der Waals surface area (Å²) in [6, 6.07) is 68.5. The van der Waals surface area contributed by atoms with Crippen LogP contribution in [0.15, 0.2) is 182 Å². The lowest BCUT2D eigenvalue weighted by Crippen LogP contribution is -2.02. The number of para-hydroxylation sites is 3. The number of hydrogen-bond acceptors (Lipinski definition) is 6. The molecular weight excluding hydrogens is 785 g/mol. The van der Waals surface area contributed by atoms with E-state index in [0.717, 1.165) is 66.3 Å². The van der Waals surface area contributed by atoms with Crippen molar-refractivity contribution in [3.63, 3.8) is 0 Å². The Morgan fingerprint density at radius 2 is 0.781 bits per heavy atom. The summed E-state index contributed by atoms with van der Waals surface area (Å²) < 4.78 is 4.35. The summed E-state index contributed by atoms with van der Waals surface area (Å²) >= 11 is 0. The van der Waals surface area contributed by atoms with Crippen LogP contribution in [0.4, 0.5) is 0 Å². The molecule has 0 aliphatic heterocycles. The van der Waals surface area contributed by atoms with Crippen molar-refractivity contribution < 1.29 is 0 Å². The number of benzene rings is 8. The van der Waals surface area contributed by atoms with Gasteiger partial charge in [0.1, 0.15) is 12.1 Å². The van der Waals surface area contributed by atoms with E-state index in [1.165, 1.54) is 10.8 Å². The van der Waals surface area contributed by atoms with E-state index in [0.29, 0.717) is 45.2 Å². The zero-order valence-corrected chi connectivity index (χ0v) is 33.9. The second kappa shape index (κ2) is 15.1. The number of nitriles is 4. The van der Waals surface area contributed by atoms with Crippen molar-refractivity contribution in [2.75, 3.05) is 0 Å². The molecule has 8 heteroatoms. The standard InChI is InChI=1S/C56H30N8/c57-31-35-13-17-38(18-14-35)49-30-50(62-56(61-49)40-19-15-36(32-58)16-20-40)39-23-21-37(22-24-39)41-27-42(33-59)55(43(28-41)34-60)64-53-12-6-3-9-47(53)48-29-44(25-26-54(48)64)63-51-10-4-1-7-45(51)46-8-2-5-11-52(46)63/h1-30H. The highest BCUT2D eigenvalue weighted by Crippen LogP contribution is 2.39. The molecule has 0 N–H and O–H groups in total. The van der Waals surface area contributed by atoms with Crippen molar-refractivity contribution in [2.45, 2.75) is 0 Å². The van der Waals surface area contributed by atoms with Crippen LogP contribution < -0.4 is 0 Å². The molecule has 3 heterocycles. The molecule has 0 amide bonds. The lowest BCUT2D eigenvalue weighted by molar-refractivity contribution is 1.15. The van der Waals surface area contributed by atoms with Crippen LogP contribution in [-0.4, -0.2) is 19.1 Å². The summed E-state index contributed by atoms with van der Waals surface area (Å²) in [5.41, 5.74) is 12.8. The molecule has 3 aromatic heterocycles. The third-order valence-corrected chi connectivity index (χ3v) is 11.9. The van der Waals surface area contributed by atoms with E-state index in [9.17, 15) is 21.0 Å². The predicted molar refractivity (Wildman–Crippen MR) is 251 cm³/mol. The van der Waals surface area contributed by atoms with Gasteiger partial charge in [0.15, 0.2) is 5.82 Å². The molecule has 8 aromatic carbocycles. The van der Waals surface area contributed by atoms with Gasteiger partial charge < -0.3 is 9.13 Å². The highest BCUT2D eigenvalue weighted by Gasteiger charge is 2.21. The van der Waals surface area contributed by atoms with E-state index >= 15 is 0 Å². The molecule has 0 unspecified atom stereocenters. The molecule has 64 heavy (non-hydrogen) atoms. The molecule has 0 spiro atoms. The third kappa shape index (κ3) is 6.12. The van der Waals surface area contributed by atoms with Gasteiger partial charge >= 0.3 is 0 Å². The number of fused-ring (bicyclic) bond motifs is 6. The summed E-state index contributed by atoms with van der Waals surface area (Å²) in [5, 5.41) is 44.7. The van der Waals surface area contributed by atoms with E-state index in [1.54, 1.807) is 24.3 Å². The number of nitrogens with zero attached hydrogens (tertiary/aromatic N) is 8. The van der Waals surface area contributed by atoms with Crippen molar-refractivity contribution >= 4 is 43.6 Å². The quantitative estimate of drug-likeness (QED) is 0.164. The maximum absolute atomic E-state index is 10.8. The van der Waals surface area contributed by atoms with Crippen molar-refractivity contribution in [1.29, 1.82) is 21.0 Å². The van der Waals surface area contributed by atoms with Crippen LogP contribution in [0.5, 0.6) is 0 Å². The van der Waals surface area contributed by atoms with Gasteiger partial charge in [-0.15, -0.1) is 0 Å². The Bertz CT molecular complexity index is 3700. The first kappa shape index (κ1) is 37.4. The molecule has 11 rings (SSSR count). The second-order valence-corrected chi connectivity index (χ2v) is 15.5. The van der Waals surface area contributed by atoms with Gasteiger partial charge in [-0.25, -0.2) is 9.97 Å². The first-order chi connectivity index (χ1) is 31.5. The van der Waals surface area contributed by atoms with Crippen molar-refractivity contribution in [3.8, 4) is 80.7 Å². The molecule has 0 bridgehead atoms. The lowest BCUT2D eigenvalue weighted by Gasteiger charge is -2.15. The summed E-state index contributed by atoms with van der Waals surface area (Å²) in [5.74, 6) is 0.492. The average molecular weight is 815 g/mol. The Labute approximate surface area is 367 Å². The van der Waals surface area contributed by atoms with Crippen LogP contribution in [0, 0.1) is 45.3 Å². The zero-order valence-electron chi connectivity index (χ0n) is 33.9. The van der Waals surface area contributed by atoms with E-state index in [4.69, 9.17) is 9.97 Å². The fraction of sp³-hybridized carbons (Fsp3) is 0. The fourth-order valence-electron chi connectivity index (χ4n) is 8.87. The number of hydrogen-bond donors (Lipinski definition) is 0. The first-order valence-electron chi connectivity index (χ1n) is 20.5. The maximum atomic E-state index is 10.8. The molecule has 11 aromatic rings. The van der Waals surface area contributed by atoms with Crippen LogP contribution in [0.3, 0.4) is 0 Å². The summed E-state index contributed by atoms with van der Waals surface area (Å²) in [4.78, 5) is 9.82. The smallest absolute Gasteiger partial charge is 0.160 e. The molecule has 0 atom stereocenters. The van der Waals surface area contributed by atoms with Gasteiger partial charge in [0.05, 0.1) is 73.5 Å². The van der Waals surface area contributed by atoms with Crippen LogP contribution in [0.1, 0.15) is 22.3 Å². The molecule has 0 saturated carbocycles. The Kier molecular flexibility index (Phi) is 8.85. The van der Waals surface area contributed by atoms with E-state index in [2.05, 4.69) is 106 Å². The minimum absolute atomic E-state index is 0.377. The molecule has 294 valence electrons. The number of rotatable bonds is 6. The molecule has 0 aliphatic carbocycles.